The van der Waals surface area contributed by atoms with Crippen molar-refractivity contribution in [1.82, 2.24) is 0 Å². The van der Waals surface area contributed by atoms with Gasteiger partial charge in [-0.25, -0.2) is 0 Å². The van der Waals surface area contributed by atoms with E-state index in [1.807, 2.05) is 34.9 Å². The van der Waals surface area contributed by atoms with Crippen molar-refractivity contribution in [2.24, 2.45) is 0 Å². The molecule has 0 aliphatic heterocycles. The van der Waals surface area contributed by atoms with Crippen LogP contribution < -0.4 is 0 Å². The molecule has 1 aromatic heterocycles. The molecule has 0 radical (unpaired) electrons. The van der Waals surface area contributed by atoms with Crippen LogP contribution in [0.2, 0.25) is 0 Å². The van der Waals surface area contributed by atoms with Crippen LogP contribution in [0.15, 0.2) is 15.9 Å². The minimum Gasteiger partial charge on any atom is -0.136 e. The Hall–Kier alpha value is 0.880. The van der Waals surface area contributed by atoms with Crippen molar-refractivity contribution in [2.75, 3.05) is 0 Å². The zero-order chi connectivity index (χ0) is 13.3. The molecule has 0 aromatic carbocycles. The summed E-state index contributed by atoms with van der Waals surface area (Å²) in [4.78, 5) is 1.46. The molecule has 0 fully saturated rings. The molecule has 4 heteroatoms. The van der Waals surface area contributed by atoms with Gasteiger partial charge in [-0.15, -0.1) is 34.9 Å². The van der Waals surface area contributed by atoms with Gasteiger partial charge in [0.05, 0.1) is 8.37 Å². The maximum absolute atomic E-state index is 3.56. The van der Waals surface area contributed by atoms with Gasteiger partial charge in [-0.05, 0) is 28.1 Å². The standard InChI is InChI=1S/C13H21BrS3/c1-12(2,3)16-11(17-13(4,5)6)9-7-8-10(14)15-9/h7-8,11H,1-6H3. The van der Waals surface area contributed by atoms with Crippen LogP contribution in [0.4, 0.5) is 0 Å². The molecule has 1 aromatic rings. The maximum atomic E-state index is 3.56. The highest BCUT2D eigenvalue weighted by atomic mass is 79.9. The molecule has 0 atom stereocenters. The molecule has 0 aliphatic carbocycles. The van der Waals surface area contributed by atoms with E-state index in [0.29, 0.717) is 14.1 Å². The van der Waals surface area contributed by atoms with E-state index in [-0.39, 0.29) is 0 Å². The quantitative estimate of drug-likeness (QED) is 0.564. The minimum atomic E-state index is 0.291. The Morgan fingerprint density at radius 3 is 1.76 bits per heavy atom. The normalized spacial score (nSPS) is 13.4. The highest BCUT2D eigenvalue weighted by Crippen LogP contribution is 2.52. The molecule has 17 heavy (non-hydrogen) atoms. The Morgan fingerprint density at radius 2 is 1.47 bits per heavy atom. The molecular formula is C13H21BrS3. The van der Waals surface area contributed by atoms with E-state index < -0.39 is 0 Å². The predicted octanol–water partition coefficient (Wildman–Crippen LogP) is 6.57. The SMILES string of the molecule is CC(C)(C)SC(SC(C)(C)C)c1ccc(Br)s1. The van der Waals surface area contributed by atoms with Crippen LogP contribution in [0.5, 0.6) is 0 Å². The second kappa shape index (κ2) is 5.89. The minimum absolute atomic E-state index is 0.291. The lowest BCUT2D eigenvalue weighted by Gasteiger charge is -2.29. The molecule has 1 rings (SSSR count). The molecule has 0 aliphatic rings. The third kappa shape index (κ3) is 6.55. The van der Waals surface area contributed by atoms with Gasteiger partial charge in [0.15, 0.2) is 0 Å². The first kappa shape index (κ1) is 15.9. The first-order valence-corrected chi connectivity index (χ1v) is 9.05. The third-order valence-corrected chi connectivity index (χ3v) is 6.66. The maximum Gasteiger partial charge on any atom is 0.0854 e. The second-order valence-electron chi connectivity index (χ2n) is 5.93. The lowest BCUT2D eigenvalue weighted by molar-refractivity contribution is 0.793. The van der Waals surface area contributed by atoms with E-state index in [2.05, 4.69) is 69.6 Å². The van der Waals surface area contributed by atoms with Crippen molar-refractivity contribution in [3.63, 3.8) is 0 Å². The molecule has 98 valence electrons. The molecule has 1 heterocycles. The van der Waals surface area contributed by atoms with Gasteiger partial charge >= 0.3 is 0 Å². The van der Waals surface area contributed by atoms with Crippen molar-refractivity contribution < 1.29 is 0 Å². The monoisotopic (exact) mass is 352 g/mol. The Morgan fingerprint density at radius 1 is 1.00 bits per heavy atom. The smallest absolute Gasteiger partial charge is 0.0854 e. The van der Waals surface area contributed by atoms with Crippen molar-refractivity contribution in [1.29, 1.82) is 0 Å². The summed E-state index contributed by atoms with van der Waals surface area (Å²) >= 11 is 9.51. The number of hydrogen-bond donors (Lipinski definition) is 0. The van der Waals surface area contributed by atoms with E-state index in [1.54, 1.807) is 0 Å². The highest BCUT2D eigenvalue weighted by Gasteiger charge is 2.27. The summed E-state index contributed by atoms with van der Waals surface area (Å²) in [5.74, 6) is 0. The van der Waals surface area contributed by atoms with Crippen LogP contribution in [0.3, 0.4) is 0 Å². The fourth-order valence-electron chi connectivity index (χ4n) is 1.24. The van der Waals surface area contributed by atoms with Gasteiger partial charge in [0.2, 0.25) is 0 Å². The van der Waals surface area contributed by atoms with Gasteiger partial charge in [0.25, 0.3) is 0 Å². The van der Waals surface area contributed by atoms with Crippen molar-refractivity contribution in [3.05, 3.63) is 20.8 Å². The Balaban J connectivity index is 2.87. The van der Waals surface area contributed by atoms with Crippen LogP contribution >= 0.6 is 50.8 Å². The topological polar surface area (TPSA) is 0 Å². The summed E-state index contributed by atoms with van der Waals surface area (Å²) in [6, 6.07) is 4.40. The van der Waals surface area contributed by atoms with E-state index in [1.165, 1.54) is 8.66 Å². The Kier molecular flexibility index (Phi) is 5.52. The Bertz CT molecular complexity index is 341. The molecular weight excluding hydrogens is 332 g/mol. The summed E-state index contributed by atoms with van der Waals surface area (Å²) in [6.07, 6.45) is 0. The molecule has 0 N–H and O–H groups in total. The van der Waals surface area contributed by atoms with Gasteiger partial charge in [-0.3, -0.25) is 0 Å². The lowest BCUT2D eigenvalue weighted by Crippen LogP contribution is -2.14. The molecule has 0 saturated heterocycles. The van der Waals surface area contributed by atoms with Crippen LogP contribution in [0, 0.1) is 0 Å². The summed E-state index contributed by atoms with van der Waals surface area (Å²) in [5, 5.41) is 0. The van der Waals surface area contributed by atoms with Gasteiger partial charge in [0.1, 0.15) is 0 Å². The van der Waals surface area contributed by atoms with E-state index in [4.69, 9.17) is 0 Å². The van der Waals surface area contributed by atoms with Gasteiger partial charge < -0.3 is 0 Å². The van der Waals surface area contributed by atoms with Crippen molar-refractivity contribution >= 4 is 50.8 Å². The summed E-state index contributed by atoms with van der Waals surface area (Å²) in [5.41, 5.74) is 0. The molecule has 0 unspecified atom stereocenters. The molecule has 0 bridgehead atoms. The molecule has 0 spiro atoms. The number of rotatable bonds is 3. The summed E-state index contributed by atoms with van der Waals surface area (Å²) in [6.45, 7) is 13.7. The fourth-order valence-corrected chi connectivity index (χ4v) is 6.70. The number of halogens is 1. The first-order chi connectivity index (χ1) is 7.57. The number of thiophene rings is 1. The Labute approximate surface area is 126 Å². The van der Waals surface area contributed by atoms with Crippen LogP contribution in [-0.2, 0) is 0 Å². The predicted molar refractivity (Wildman–Crippen MR) is 89.4 cm³/mol. The average molecular weight is 353 g/mol. The van der Waals surface area contributed by atoms with Crippen LogP contribution in [0.1, 0.15) is 51.0 Å². The van der Waals surface area contributed by atoms with Crippen molar-refractivity contribution in [2.45, 2.75) is 55.6 Å². The number of hydrogen-bond acceptors (Lipinski definition) is 3. The number of thioether (sulfide) groups is 2. The fraction of sp³-hybridized carbons (Fsp3) is 0.692. The van der Waals surface area contributed by atoms with Gasteiger partial charge in [0, 0.05) is 14.4 Å². The molecule has 0 nitrogen and oxygen atoms in total. The summed E-state index contributed by atoms with van der Waals surface area (Å²) in [7, 11) is 0. The highest BCUT2D eigenvalue weighted by molar-refractivity contribution is 9.11. The van der Waals surface area contributed by atoms with E-state index in [9.17, 15) is 0 Å². The zero-order valence-electron chi connectivity index (χ0n) is 11.3. The van der Waals surface area contributed by atoms with Gasteiger partial charge in [-0.1, -0.05) is 41.5 Å². The van der Waals surface area contributed by atoms with Gasteiger partial charge in [-0.2, -0.15) is 0 Å². The lowest BCUT2D eigenvalue weighted by atomic mass is 10.3. The van der Waals surface area contributed by atoms with Crippen LogP contribution in [0.25, 0.3) is 0 Å². The zero-order valence-corrected chi connectivity index (χ0v) is 15.4. The summed E-state index contributed by atoms with van der Waals surface area (Å²) < 4.78 is 2.33. The van der Waals surface area contributed by atoms with E-state index >= 15 is 0 Å². The van der Waals surface area contributed by atoms with Crippen LogP contribution in [-0.4, -0.2) is 9.49 Å². The second-order valence-corrected chi connectivity index (χ2v) is 12.6. The first-order valence-electron chi connectivity index (χ1n) is 5.68. The molecule has 0 amide bonds. The van der Waals surface area contributed by atoms with E-state index in [0.717, 1.165) is 0 Å². The average Bonchev–Trinajstić information content (AvgIpc) is 2.45. The molecule has 0 saturated carbocycles. The largest absolute Gasteiger partial charge is 0.136 e. The van der Waals surface area contributed by atoms with Crippen molar-refractivity contribution in [3.8, 4) is 0 Å². The third-order valence-electron chi connectivity index (χ3n) is 1.75.